The number of hydrogen-bond acceptors (Lipinski definition) is 5. The molecule has 0 fully saturated rings. The molecule has 1 amide bonds. The van der Waals surface area contributed by atoms with Gasteiger partial charge in [-0.25, -0.2) is 4.98 Å². The molecule has 3 rings (SSSR count). The van der Waals surface area contributed by atoms with Crippen molar-refractivity contribution in [2.45, 2.75) is 26.3 Å². The van der Waals surface area contributed by atoms with Gasteiger partial charge in [0.15, 0.2) is 5.13 Å². The van der Waals surface area contributed by atoms with Crippen LogP contribution in [-0.2, 0) is 11.3 Å². The van der Waals surface area contributed by atoms with Crippen molar-refractivity contribution in [3.8, 4) is 5.75 Å². The smallest absolute Gasteiger partial charge is 0.229 e. The van der Waals surface area contributed by atoms with E-state index in [2.05, 4.69) is 4.98 Å². The van der Waals surface area contributed by atoms with Crippen LogP contribution >= 0.6 is 11.3 Å². The van der Waals surface area contributed by atoms with Crippen LogP contribution in [-0.4, -0.2) is 18.0 Å². The molecule has 23 heavy (non-hydrogen) atoms. The van der Waals surface area contributed by atoms with E-state index in [-0.39, 0.29) is 5.91 Å². The highest BCUT2D eigenvalue weighted by atomic mass is 32.1. The van der Waals surface area contributed by atoms with E-state index in [0.717, 1.165) is 28.1 Å². The third-order valence-corrected chi connectivity index (χ3v) is 4.52. The minimum absolute atomic E-state index is 0.0509. The summed E-state index contributed by atoms with van der Waals surface area (Å²) in [7, 11) is 1.64. The second-order valence-electron chi connectivity index (χ2n) is 5.14. The summed E-state index contributed by atoms with van der Waals surface area (Å²) < 4.78 is 11.6. The van der Waals surface area contributed by atoms with Crippen LogP contribution in [0.2, 0.25) is 0 Å². The van der Waals surface area contributed by atoms with Crippen molar-refractivity contribution in [2.75, 3.05) is 12.0 Å². The van der Waals surface area contributed by atoms with Crippen molar-refractivity contribution in [1.82, 2.24) is 4.98 Å². The number of nitrogens with zero attached hydrogens (tertiary/aromatic N) is 2. The first-order valence-electron chi connectivity index (χ1n) is 7.48. The minimum atomic E-state index is 0.0509. The summed E-state index contributed by atoms with van der Waals surface area (Å²) in [6.45, 7) is 2.38. The Morgan fingerprint density at radius 1 is 1.39 bits per heavy atom. The quantitative estimate of drug-likeness (QED) is 0.678. The van der Waals surface area contributed by atoms with Gasteiger partial charge in [-0.2, -0.15) is 0 Å². The van der Waals surface area contributed by atoms with Crippen molar-refractivity contribution in [1.29, 1.82) is 0 Å². The van der Waals surface area contributed by atoms with Gasteiger partial charge in [-0.05, 0) is 36.8 Å². The van der Waals surface area contributed by atoms with Crippen molar-refractivity contribution in [3.63, 3.8) is 0 Å². The molecule has 2 aromatic heterocycles. The maximum atomic E-state index is 12.5. The standard InChI is InChI=1S/C17H18N2O3S/c1-3-5-16(20)19(11-13-6-4-9-22-13)17-18-14-8-7-12(21-2)10-15(14)23-17/h4,6-10H,3,5,11H2,1-2H3. The van der Waals surface area contributed by atoms with Gasteiger partial charge >= 0.3 is 0 Å². The summed E-state index contributed by atoms with van der Waals surface area (Å²) in [4.78, 5) is 18.8. The first kappa shape index (κ1) is 15.6. The summed E-state index contributed by atoms with van der Waals surface area (Å²) in [5.41, 5.74) is 0.861. The Hall–Kier alpha value is -2.34. The predicted octanol–water partition coefficient (Wildman–Crippen LogP) is 4.23. The Kier molecular flexibility index (Phi) is 4.62. The van der Waals surface area contributed by atoms with E-state index in [9.17, 15) is 4.79 Å². The molecular formula is C17H18N2O3S. The first-order chi connectivity index (χ1) is 11.2. The molecule has 1 aromatic carbocycles. The lowest BCUT2D eigenvalue weighted by atomic mass is 10.3. The molecule has 0 aliphatic rings. The molecule has 0 unspecified atom stereocenters. The highest BCUT2D eigenvalue weighted by Crippen LogP contribution is 2.32. The van der Waals surface area contributed by atoms with E-state index < -0.39 is 0 Å². The fourth-order valence-electron chi connectivity index (χ4n) is 2.30. The normalized spacial score (nSPS) is 10.9. The van der Waals surface area contributed by atoms with Crippen LogP contribution in [0.1, 0.15) is 25.5 Å². The summed E-state index contributed by atoms with van der Waals surface area (Å²) in [6, 6.07) is 9.40. The average molecular weight is 330 g/mol. The number of thiazole rings is 1. The Balaban J connectivity index is 1.96. The second-order valence-corrected chi connectivity index (χ2v) is 6.15. The zero-order valence-corrected chi connectivity index (χ0v) is 13.9. The molecule has 2 heterocycles. The number of methoxy groups -OCH3 is 1. The Morgan fingerprint density at radius 2 is 2.26 bits per heavy atom. The van der Waals surface area contributed by atoms with Crippen LogP contribution in [0.5, 0.6) is 5.75 Å². The van der Waals surface area contributed by atoms with Gasteiger partial charge in [-0.15, -0.1) is 0 Å². The lowest BCUT2D eigenvalue weighted by molar-refractivity contribution is -0.118. The molecule has 6 heteroatoms. The number of furan rings is 1. The molecular weight excluding hydrogens is 312 g/mol. The number of ether oxygens (including phenoxy) is 1. The van der Waals surface area contributed by atoms with Crippen molar-refractivity contribution in [2.24, 2.45) is 0 Å². The van der Waals surface area contributed by atoms with E-state index in [1.165, 1.54) is 11.3 Å². The maximum Gasteiger partial charge on any atom is 0.229 e. The van der Waals surface area contributed by atoms with Crippen LogP contribution in [0.3, 0.4) is 0 Å². The number of benzene rings is 1. The van der Waals surface area contributed by atoms with Gasteiger partial charge in [0.25, 0.3) is 0 Å². The van der Waals surface area contributed by atoms with Crippen molar-refractivity contribution < 1.29 is 13.9 Å². The molecule has 120 valence electrons. The monoisotopic (exact) mass is 330 g/mol. The number of carbonyl (C=O) groups excluding carboxylic acids is 1. The van der Waals surface area contributed by atoms with Gasteiger partial charge in [-0.3, -0.25) is 9.69 Å². The highest BCUT2D eigenvalue weighted by Gasteiger charge is 2.20. The number of hydrogen-bond donors (Lipinski definition) is 0. The first-order valence-corrected chi connectivity index (χ1v) is 8.30. The van der Waals surface area contributed by atoms with Crippen LogP contribution in [0.15, 0.2) is 41.0 Å². The highest BCUT2D eigenvalue weighted by molar-refractivity contribution is 7.22. The van der Waals surface area contributed by atoms with Crippen LogP contribution in [0, 0.1) is 0 Å². The van der Waals surface area contributed by atoms with Crippen LogP contribution < -0.4 is 9.64 Å². The zero-order valence-electron chi connectivity index (χ0n) is 13.1. The summed E-state index contributed by atoms with van der Waals surface area (Å²) >= 11 is 1.48. The molecule has 3 aromatic rings. The molecule has 0 aliphatic heterocycles. The lowest BCUT2D eigenvalue weighted by Crippen LogP contribution is -2.29. The molecule has 0 radical (unpaired) electrons. The molecule has 0 N–H and O–H groups in total. The SMILES string of the molecule is CCCC(=O)N(Cc1ccco1)c1nc2ccc(OC)cc2s1. The lowest BCUT2D eigenvalue weighted by Gasteiger charge is -2.18. The number of rotatable bonds is 6. The zero-order chi connectivity index (χ0) is 16.2. The molecule has 0 spiro atoms. The number of carbonyl (C=O) groups is 1. The number of fused-ring (bicyclic) bond motifs is 1. The molecule has 0 aliphatic carbocycles. The van der Waals surface area contributed by atoms with Gasteiger partial charge < -0.3 is 9.15 Å². The van der Waals surface area contributed by atoms with Crippen molar-refractivity contribution >= 4 is 32.6 Å². The van der Waals surface area contributed by atoms with Gasteiger partial charge in [0.2, 0.25) is 5.91 Å². The van der Waals surface area contributed by atoms with E-state index >= 15 is 0 Å². The molecule has 0 bridgehead atoms. The van der Waals surface area contributed by atoms with Gasteiger partial charge in [0.1, 0.15) is 11.5 Å². The predicted molar refractivity (Wildman–Crippen MR) is 91.0 cm³/mol. The summed E-state index contributed by atoms with van der Waals surface area (Å²) in [5, 5.41) is 0.683. The van der Waals surface area contributed by atoms with E-state index in [4.69, 9.17) is 9.15 Å². The Bertz CT molecular complexity index is 795. The number of amides is 1. The van der Waals surface area contributed by atoms with Gasteiger partial charge in [-0.1, -0.05) is 18.3 Å². The van der Waals surface area contributed by atoms with Crippen LogP contribution in [0.25, 0.3) is 10.2 Å². The number of anilines is 1. The topological polar surface area (TPSA) is 55.6 Å². The third kappa shape index (κ3) is 3.37. The van der Waals surface area contributed by atoms with Crippen LogP contribution in [0.4, 0.5) is 5.13 Å². The second kappa shape index (κ2) is 6.83. The summed E-state index contributed by atoms with van der Waals surface area (Å²) in [5.74, 6) is 1.58. The summed E-state index contributed by atoms with van der Waals surface area (Å²) in [6.07, 6.45) is 2.90. The fourth-order valence-corrected chi connectivity index (χ4v) is 3.32. The number of aromatic nitrogens is 1. The Labute approximate surface area is 138 Å². The van der Waals surface area contributed by atoms with E-state index in [1.807, 2.05) is 37.3 Å². The van der Waals surface area contributed by atoms with Crippen molar-refractivity contribution in [3.05, 3.63) is 42.4 Å². The third-order valence-electron chi connectivity index (χ3n) is 3.47. The van der Waals surface area contributed by atoms with Gasteiger partial charge in [0.05, 0.1) is 30.1 Å². The molecule has 0 saturated carbocycles. The largest absolute Gasteiger partial charge is 0.497 e. The Morgan fingerprint density at radius 3 is 2.96 bits per heavy atom. The fraction of sp³-hybridized carbons (Fsp3) is 0.294. The average Bonchev–Trinajstić information content (AvgIpc) is 3.20. The van der Waals surface area contributed by atoms with E-state index in [1.54, 1.807) is 18.3 Å². The molecule has 0 atom stereocenters. The molecule has 5 nitrogen and oxygen atoms in total. The maximum absolute atomic E-state index is 12.5. The van der Waals surface area contributed by atoms with E-state index in [0.29, 0.717) is 18.1 Å². The molecule has 0 saturated heterocycles. The minimum Gasteiger partial charge on any atom is -0.497 e. The van der Waals surface area contributed by atoms with Gasteiger partial charge in [0, 0.05) is 6.42 Å².